The van der Waals surface area contributed by atoms with E-state index in [1.165, 1.54) is 9.08 Å². The van der Waals surface area contributed by atoms with Gasteiger partial charge in [-0.1, -0.05) is 12.1 Å². The fourth-order valence-electron chi connectivity index (χ4n) is 2.41. The molecule has 1 aromatic carbocycles. The second-order valence-electron chi connectivity index (χ2n) is 5.09. The third-order valence-electron chi connectivity index (χ3n) is 3.50. The summed E-state index contributed by atoms with van der Waals surface area (Å²) in [6, 6.07) is 8.78. The Balaban J connectivity index is 1.48. The van der Waals surface area contributed by atoms with Gasteiger partial charge in [0, 0.05) is 25.4 Å². The number of rotatable bonds is 4. The van der Waals surface area contributed by atoms with E-state index >= 15 is 0 Å². The summed E-state index contributed by atoms with van der Waals surface area (Å²) in [4.78, 5) is 32.0. The molecular weight excluding hydrogens is 312 g/mol. The number of hydrogen-bond acceptors (Lipinski definition) is 6. The lowest BCUT2D eigenvalue weighted by Gasteiger charge is -2.02. The fraction of sp³-hybridized carbons (Fsp3) is 0.133. The smallest absolute Gasteiger partial charge is 0.408 e. The standard InChI is InChI=1S/C15H12N6O3/c22-12(17-13-18-14-16-7-3-8-21(14)19-13)6-9-20-10-4-1-2-5-11(10)24-15(20)23/h1-5,7-8H,6,9H2,(H,17,19,22). The summed E-state index contributed by atoms with van der Waals surface area (Å²) in [5.41, 5.74) is 1.15. The van der Waals surface area contributed by atoms with Crippen LogP contribution in [-0.2, 0) is 11.3 Å². The molecule has 9 heteroatoms. The van der Waals surface area contributed by atoms with Crippen molar-refractivity contribution in [3.63, 3.8) is 0 Å². The van der Waals surface area contributed by atoms with Crippen LogP contribution in [0.15, 0.2) is 51.9 Å². The van der Waals surface area contributed by atoms with Gasteiger partial charge in [-0.3, -0.25) is 14.7 Å². The normalized spacial score (nSPS) is 11.2. The number of aromatic nitrogens is 5. The molecule has 120 valence electrons. The Morgan fingerprint density at radius 3 is 3.00 bits per heavy atom. The van der Waals surface area contributed by atoms with Crippen molar-refractivity contribution in [2.45, 2.75) is 13.0 Å². The van der Waals surface area contributed by atoms with Crippen LogP contribution >= 0.6 is 0 Å². The summed E-state index contributed by atoms with van der Waals surface area (Å²) in [5.74, 6) is -0.227. The van der Waals surface area contributed by atoms with E-state index in [-0.39, 0.29) is 24.8 Å². The Bertz CT molecular complexity index is 1060. The predicted octanol–water partition coefficient (Wildman–Crippen LogP) is 1.06. The molecule has 0 radical (unpaired) electrons. The molecule has 0 aliphatic carbocycles. The van der Waals surface area contributed by atoms with Gasteiger partial charge in [-0.05, 0) is 18.2 Å². The minimum Gasteiger partial charge on any atom is -0.408 e. The number of oxazole rings is 1. The summed E-state index contributed by atoms with van der Waals surface area (Å²) < 4.78 is 8.02. The van der Waals surface area contributed by atoms with Gasteiger partial charge in [-0.2, -0.15) is 4.98 Å². The van der Waals surface area contributed by atoms with E-state index in [1.54, 1.807) is 42.7 Å². The Kier molecular flexibility index (Phi) is 3.30. The molecule has 0 aliphatic heterocycles. The average molecular weight is 324 g/mol. The molecule has 0 aliphatic rings. The summed E-state index contributed by atoms with van der Waals surface area (Å²) >= 11 is 0. The highest BCUT2D eigenvalue weighted by Crippen LogP contribution is 2.12. The number of carbonyl (C=O) groups is 1. The maximum Gasteiger partial charge on any atom is 0.419 e. The van der Waals surface area contributed by atoms with Crippen molar-refractivity contribution in [3.05, 3.63) is 53.3 Å². The zero-order chi connectivity index (χ0) is 16.5. The monoisotopic (exact) mass is 324 g/mol. The van der Waals surface area contributed by atoms with Crippen LogP contribution in [-0.4, -0.2) is 30.1 Å². The molecule has 4 aromatic rings. The molecule has 24 heavy (non-hydrogen) atoms. The molecule has 3 heterocycles. The number of fused-ring (bicyclic) bond motifs is 2. The van der Waals surface area contributed by atoms with Crippen molar-refractivity contribution >= 4 is 28.7 Å². The van der Waals surface area contributed by atoms with Crippen LogP contribution in [0.3, 0.4) is 0 Å². The summed E-state index contributed by atoms with van der Waals surface area (Å²) in [6.07, 6.45) is 3.36. The number of nitrogens with zero attached hydrogens (tertiary/aromatic N) is 5. The lowest BCUT2D eigenvalue weighted by molar-refractivity contribution is -0.116. The molecule has 1 N–H and O–H groups in total. The highest BCUT2D eigenvalue weighted by molar-refractivity contribution is 5.89. The van der Waals surface area contributed by atoms with Crippen LogP contribution in [0.2, 0.25) is 0 Å². The van der Waals surface area contributed by atoms with Gasteiger partial charge in [0.15, 0.2) is 5.58 Å². The number of benzene rings is 1. The van der Waals surface area contributed by atoms with Gasteiger partial charge in [-0.15, -0.1) is 5.10 Å². The van der Waals surface area contributed by atoms with E-state index in [9.17, 15) is 9.59 Å². The number of aryl methyl sites for hydroxylation is 1. The van der Waals surface area contributed by atoms with Gasteiger partial charge in [0.2, 0.25) is 5.91 Å². The van der Waals surface area contributed by atoms with Crippen molar-refractivity contribution in [3.8, 4) is 0 Å². The number of amides is 1. The Labute approximate surface area is 134 Å². The Morgan fingerprint density at radius 1 is 1.25 bits per heavy atom. The first-order valence-electron chi connectivity index (χ1n) is 7.26. The first kappa shape index (κ1) is 14.1. The molecule has 4 rings (SSSR count). The van der Waals surface area contributed by atoms with E-state index in [1.807, 2.05) is 0 Å². The van der Waals surface area contributed by atoms with Crippen LogP contribution in [0, 0.1) is 0 Å². The fourth-order valence-corrected chi connectivity index (χ4v) is 2.41. The molecular formula is C15H12N6O3. The van der Waals surface area contributed by atoms with Gasteiger partial charge >= 0.3 is 5.76 Å². The SMILES string of the molecule is O=C(CCn1c(=O)oc2ccccc21)Nc1nc2ncccn2n1. The first-order valence-corrected chi connectivity index (χ1v) is 7.26. The maximum absolute atomic E-state index is 12.1. The summed E-state index contributed by atoms with van der Waals surface area (Å²) in [7, 11) is 0. The highest BCUT2D eigenvalue weighted by atomic mass is 16.4. The Hall–Kier alpha value is -3.49. The molecule has 0 atom stereocenters. The van der Waals surface area contributed by atoms with Crippen molar-refractivity contribution < 1.29 is 9.21 Å². The van der Waals surface area contributed by atoms with E-state index in [4.69, 9.17) is 4.42 Å². The number of hydrogen-bond donors (Lipinski definition) is 1. The zero-order valence-electron chi connectivity index (χ0n) is 12.4. The van der Waals surface area contributed by atoms with Gasteiger partial charge in [0.05, 0.1) is 5.52 Å². The van der Waals surface area contributed by atoms with Crippen LogP contribution < -0.4 is 11.1 Å². The third-order valence-corrected chi connectivity index (χ3v) is 3.50. The number of anilines is 1. The third kappa shape index (κ3) is 2.51. The van der Waals surface area contributed by atoms with E-state index in [2.05, 4.69) is 20.4 Å². The number of nitrogens with one attached hydrogen (secondary N) is 1. The second kappa shape index (κ2) is 5.61. The lowest BCUT2D eigenvalue weighted by atomic mass is 10.3. The summed E-state index contributed by atoms with van der Waals surface area (Å²) in [5, 5.41) is 6.68. The quantitative estimate of drug-likeness (QED) is 0.601. The van der Waals surface area contributed by atoms with E-state index < -0.39 is 5.76 Å². The minimum absolute atomic E-state index is 0.0897. The minimum atomic E-state index is -0.487. The largest absolute Gasteiger partial charge is 0.419 e. The molecule has 0 fully saturated rings. The highest BCUT2D eigenvalue weighted by Gasteiger charge is 2.12. The molecule has 0 saturated carbocycles. The maximum atomic E-state index is 12.1. The zero-order valence-corrected chi connectivity index (χ0v) is 12.4. The van der Waals surface area contributed by atoms with Gasteiger partial charge < -0.3 is 4.42 Å². The van der Waals surface area contributed by atoms with Crippen molar-refractivity contribution in [1.82, 2.24) is 24.1 Å². The van der Waals surface area contributed by atoms with Gasteiger partial charge in [0.1, 0.15) is 0 Å². The number of para-hydroxylation sites is 2. The van der Waals surface area contributed by atoms with E-state index in [0.717, 1.165) is 0 Å². The van der Waals surface area contributed by atoms with Crippen LogP contribution in [0.1, 0.15) is 6.42 Å². The molecule has 1 amide bonds. The molecule has 3 aromatic heterocycles. The van der Waals surface area contributed by atoms with Gasteiger partial charge in [0.25, 0.3) is 11.7 Å². The van der Waals surface area contributed by atoms with Crippen molar-refractivity contribution in [1.29, 1.82) is 0 Å². The Morgan fingerprint density at radius 2 is 2.12 bits per heavy atom. The van der Waals surface area contributed by atoms with Crippen LogP contribution in [0.5, 0.6) is 0 Å². The van der Waals surface area contributed by atoms with Gasteiger partial charge in [-0.25, -0.2) is 14.3 Å². The van der Waals surface area contributed by atoms with Crippen molar-refractivity contribution in [2.24, 2.45) is 0 Å². The number of carbonyl (C=O) groups excluding carboxylic acids is 1. The van der Waals surface area contributed by atoms with E-state index in [0.29, 0.717) is 16.9 Å². The molecule has 0 spiro atoms. The van der Waals surface area contributed by atoms with Crippen LogP contribution in [0.4, 0.5) is 5.95 Å². The first-order chi connectivity index (χ1) is 11.7. The van der Waals surface area contributed by atoms with Crippen LogP contribution in [0.25, 0.3) is 16.9 Å². The topological polar surface area (TPSA) is 107 Å². The van der Waals surface area contributed by atoms with Crippen molar-refractivity contribution in [2.75, 3.05) is 5.32 Å². The average Bonchev–Trinajstić information content (AvgIpc) is 3.12. The molecule has 9 nitrogen and oxygen atoms in total. The molecule has 0 saturated heterocycles. The second-order valence-corrected chi connectivity index (χ2v) is 5.09. The lowest BCUT2D eigenvalue weighted by Crippen LogP contribution is -2.20. The summed E-state index contributed by atoms with van der Waals surface area (Å²) in [6.45, 7) is 0.202. The predicted molar refractivity (Wildman–Crippen MR) is 84.5 cm³/mol. The molecule has 0 bridgehead atoms. The molecule has 0 unspecified atom stereocenters.